The summed E-state index contributed by atoms with van der Waals surface area (Å²) in [5.41, 5.74) is 2.19. The number of amides is 4. The van der Waals surface area contributed by atoms with Crippen LogP contribution in [0.3, 0.4) is 0 Å². The first-order valence-electron chi connectivity index (χ1n) is 14.5. The highest BCUT2D eigenvalue weighted by Gasteiger charge is 2.35. The molecule has 0 bridgehead atoms. The molecule has 2 aromatic heterocycles. The fraction of sp³-hybridized carbons (Fsp3) is 0.290. The molecule has 1 aliphatic heterocycles. The molecule has 5 rings (SSSR count). The lowest BCUT2D eigenvalue weighted by Crippen LogP contribution is -2.46. The van der Waals surface area contributed by atoms with Crippen molar-refractivity contribution in [2.24, 2.45) is 10.2 Å². The molecule has 0 saturated carbocycles. The van der Waals surface area contributed by atoms with Gasteiger partial charge in [0.2, 0.25) is 0 Å². The summed E-state index contributed by atoms with van der Waals surface area (Å²) in [7, 11) is 1.21. The Hall–Kier alpha value is -5.70. The van der Waals surface area contributed by atoms with Crippen LogP contribution in [0.5, 0.6) is 0 Å². The number of ether oxygens (including phenoxy) is 3. The molecule has 2 atom stereocenters. The number of benzene rings is 2. The van der Waals surface area contributed by atoms with Crippen molar-refractivity contribution in [2.45, 2.75) is 38.1 Å². The number of methoxy groups -OCH3 is 1. The fourth-order valence-corrected chi connectivity index (χ4v) is 4.79. The van der Waals surface area contributed by atoms with Gasteiger partial charge in [0.05, 0.1) is 20.3 Å². The number of rotatable bonds is 11. The molecule has 46 heavy (non-hydrogen) atoms. The zero-order valence-corrected chi connectivity index (χ0v) is 24.9. The maximum Gasteiger partial charge on any atom is 0.410 e. The molecule has 1 saturated heterocycles. The standard InChI is InChI=1S/C31H32N8O7/c1-44-29(41)22(19-45-17-20-9-4-2-5-10-20)34-30(42)36-26-24-25(33-15-14-32-24)27(35-26)37-38-28(40)23-13-8-16-39(23)31(43)46-18-21-11-6-3-7-12-21/h2-7,9-12,14-15,22-23,35H,8,13,16-19H2,1H3,(H2,34,36,42)/t22-,23-/m0/s1. The molecule has 1 aliphatic rings. The highest BCUT2D eigenvalue weighted by Crippen LogP contribution is 2.29. The Morgan fingerprint density at radius 2 is 1.65 bits per heavy atom. The molecule has 3 heterocycles. The quantitative estimate of drug-likeness (QED) is 0.161. The van der Waals surface area contributed by atoms with Crippen LogP contribution in [0.2, 0.25) is 0 Å². The molecule has 0 aliphatic carbocycles. The number of carbonyl (C=O) groups excluding carboxylic acids is 4. The molecular formula is C31H32N8O7. The van der Waals surface area contributed by atoms with Crippen LogP contribution in [0.1, 0.15) is 24.0 Å². The van der Waals surface area contributed by atoms with Crippen molar-refractivity contribution in [1.29, 1.82) is 0 Å². The summed E-state index contributed by atoms with van der Waals surface area (Å²) in [6, 6.07) is 15.9. The van der Waals surface area contributed by atoms with Crippen LogP contribution in [0.15, 0.2) is 83.3 Å². The largest absolute Gasteiger partial charge is 0.467 e. The van der Waals surface area contributed by atoms with Gasteiger partial charge in [0.25, 0.3) is 5.91 Å². The molecule has 0 unspecified atom stereocenters. The van der Waals surface area contributed by atoms with Gasteiger partial charge in [-0.05, 0) is 24.0 Å². The molecule has 4 amide bonds. The molecule has 238 valence electrons. The van der Waals surface area contributed by atoms with Gasteiger partial charge in [0.1, 0.15) is 29.5 Å². The number of nitrogens with zero attached hydrogens (tertiary/aromatic N) is 5. The van der Waals surface area contributed by atoms with E-state index in [1.165, 1.54) is 24.4 Å². The topological polar surface area (TPSA) is 190 Å². The highest BCUT2D eigenvalue weighted by atomic mass is 16.6. The number of urea groups is 1. The summed E-state index contributed by atoms with van der Waals surface area (Å²) in [5, 5.41) is 13.0. The van der Waals surface area contributed by atoms with Gasteiger partial charge < -0.3 is 24.5 Å². The maximum absolute atomic E-state index is 13.0. The molecule has 4 aromatic rings. The number of aromatic nitrogens is 3. The lowest BCUT2D eigenvalue weighted by atomic mass is 10.2. The van der Waals surface area contributed by atoms with E-state index in [1.54, 1.807) is 0 Å². The first kappa shape index (κ1) is 31.7. The van der Waals surface area contributed by atoms with E-state index in [-0.39, 0.29) is 42.5 Å². The van der Waals surface area contributed by atoms with Gasteiger partial charge in [-0.25, -0.2) is 24.4 Å². The van der Waals surface area contributed by atoms with Crippen LogP contribution < -0.4 is 10.6 Å². The molecule has 2 aromatic carbocycles. The van der Waals surface area contributed by atoms with Gasteiger partial charge in [-0.15, -0.1) is 10.2 Å². The Kier molecular flexibility index (Phi) is 10.6. The average Bonchev–Trinajstić information content (AvgIpc) is 3.72. The summed E-state index contributed by atoms with van der Waals surface area (Å²) < 4.78 is 15.8. The van der Waals surface area contributed by atoms with Gasteiger partial charge in [0, 0.05) is 18.9 Å². The zero-order valence-electron chi connectivity index (χ0n) is 24.9. The fourth-order valence-electron chi connectivity index (χ4n) is 4.79. The van der Waals surface area contributed by atoms with E-state index in [0.29, 0.717) is 19.4 Å². The number of fused-ring (bicyclic) bond motifs is 1. The summed E-state index contributed by atoms with van der Waals surface area (Å²) in [5.74, 6) is -1.18. The number of hydrogen-bond acceptors (Lipinski definition) is 10. The average molecular weight is 629 g/mol. The Morgan fingerprint density at radius 3 is 2.35 bits per heavy atom. The SMILES string of the molecule is COC(=O)[C@H](COCc1ccccc1)NC(=O)Nc1[nH]c(N=NC(=O)[C@@H]2CCCN2C(=O)OCc2ccccc2)c2nccnc12. The van der Waals surface area contributed by atoms with E-state index >= 15 is 0 Å². The summed E-state index contributed by atoms with van der Waals surface area (Å²) in [6.07, 6.45) is 3.24. The number of carbonyl (C=O) groups is 4. The summed E-state index contributed by atoms with van der Waals surface area (Å²) >= 11 is 0. The maximum atomic E-state index is 13.0. The van der Waals surface area contributed by atoms with E-state index in [1.807, 2.05) is 60.7 Å². The van der Waals surface area contributed by atoms with Gasteiger partial charge in [-0.3, -0.25) is 15.0 Å². The second-order valence-corrected chi connectivity index (χ2v) is 10.2. The Balaban J connectivity index is 1.22. The number of hydrogen-bond donors (Lipinski definition) is 3. The van der Waals surface area contributed by atoms with Crippen LogP contribution in [-0.2, 0) is 37.0 Å². The van der Waals surface area contributed by atoms with Crippen LogP contribution in [0, 0.1) is 0 Å². The number of likely N-dealkylation sites (tertiary alicyclic amines) is 1. The number of H-pyrrole nitrogens is 1. The van der Waals surface area contributed by atoms with Gasteiger partial charge in [-0.1, -0.05) is 60.7 Å². The molecule has 1 fully saturated rings. The third kappa shape index (κ3) is 8.06. The van der Waals surface area contributed by atoms with Crippen molar-refractivity contribution in [2.75, 3.05) is 25.6 Å². The zero-order chi connectivity index (χ0) is 32.3. The van der Waals surface area contributed by atoms with Crippen molar-refractivity contribution < 1.29 is 33.4 Å². The molecule has 0 radical (unpaired) electrons. The first-order chi connectivity index (χ1) is 22.4. The second-order valence-electron chi connectivity index (χ2n) is 10.2. The third-order valence-corrected chi connectivity index (χ3v) is 7.05. The lowest BCUT2D eigenvalue weighted by Gasteiger charge is -2.21. The van der Waals surface area contributed by atoms with Crippen molar-refractivity contribution in [3.05, 3.63) is 84.2 Å². The van der Waals surface area contributed by atoms with Crippen molar-refractivity contribution >= 4 is 46.7 Å². The Morgan fingerprint density at radius 1 is 0.978 bits per heavy atom. The molecular weight excluding hydrogens is 596 g/mol. The number of azo groups is 1. The smallest absolute Gasteiger partial charge is 0.410 e. The van der Waals surface area contributed by atoms with Crippen molar-refractivity contribution in [3.8, 4) is 0 Å². The monoisotopic (exact) mass is 628 g/mol. The van der Waals surface area contributed by atoms with Gasteiger partial charge >= 0.3 is 18.1 Å². The number of nitrogens with one attached hydrogen (secondary N) is 3. The second kappa shape index (κ2) is 15.3. The lowest BCUT2D eigenvalue weighted by molar-refractivity contribution is -0.144. The first-order valence-corrected chi connectivity index (χ1v) is 14.5. The minimum absolute atomic E-state index is 0.0543. The van der Waals surface area contributed by atoms with Crippen LogP contribution in [0.25, 0.3) is 11.0 Å². The normalized spacial score (nSPS) is 15.1. The van der Waals surface area contributed by atoms with Gasteiger partial charge in [-0.2, -0.15) is 0 Å². The van der Waals surface area contributed by atoms with Crippen molar-refractivity contribution in [3.63, 3.8) is 0 Å². The number of esters is 1. The molecule has 3 N–H and O–H groups in total. The molecule has 0 spiro atoms. The van der Waals surface area contributed by atoms with Crippen molar-refractivity contribution in [1.82, 2.24) is 25.2 Å². The van der Waals surface area contributed by atoms with E-state index in [2.05, 4.69) is 35.8 Å². The highest BCUT2D eigenvalue weighted by molar-refractivity contribution is 6.02. The molecule has 15 heteroatoms. The van der Waals surface area contributed by atoms with Crippen LogP contribution >= 0.6 is 0 Å². The van der Waals surface area contributed by atoms with Gasteiger partial charge in [0.15, 0.2) is 11.9 Å². The summed E-state index contributed by atoms with van der Waals surface area (Å²) in [4.78, 5) is 63.7. The predicted molar refractivity (Wildman–Crippen MR) is 164 cm³/mol. The number of anilines is 1. The minimum Gasteiger partial charge on any atom is -0.467 e. The molecule has 15 nitrogen and oxygen atoms in total. The summed E-state index contributed by atoms with van der Waals surface area (Å²) in [6.45, 7) is 0.522. The van der Waals surface area contributed by atoms with E-state index in [0.717, 1.165) is 11.1 Å². The minimum atomic E-state index is -1.11. The van der Waals surface area contributed by atoms with E-state index in [9.17, 15) is 19.2 Å². The van der Waals surface area contributed by atoms with E-state index in [4.69, 9.17) is 14.2 Å². The predicted octanol–water partition coefficient (Wildman–Crippen LogP) is 4.25. The Bertz CT molecular complexity index is 1700. The number of aromatic amines is 1. The third-order valence-electron chi connectivity index (χ3n) is 7.05. The van der Waals surface area contributed by atoms with E-state index < -0.39 is 36.1 Å². The Labute approximate surface area is 263 Å². The van der Waals surface area contributed by atoms with Crippen LogP contribution in [0.4, 0.5) is 21.2 Å². The van der Waals surface area contributed by atoms with Crippen LogP contribution in [-0.4, -0.2) is 76.2 Å².